The predicted octanol–water partition coefficient (Wildman–Crippen LogP) is 2.09. The fraction of sp³-hybridized carbons (Fsp3) is 0.556. The molecule has 0 saturated carbocycles. The number of aliphatic hydroxyl groups excluding tert-OH is 1. The van der Waals surface area contributed by atoms with Crippen molar-refractivity contribution in [3.63, 3.8) is 0 Å². The molecule has 2 atom stereocenters. The monoisotopic (exact) mass is 333 g/mol. The normalized spacial score (nSPS) is 25.2. The Kier molecular flexibility index (Phi) is 4.25. The third-order valence-corrected chi connectivity index (χ3v) is 4.72. The van der Waals surface area contributed by atoms with Crippen LogP contribution in [0.2, 0.25) is 0 Å². The molecule has 2 heterocycles. The summed E-state index contributed by atoms with van der Waals surface area (Å²) >= 11 is 0. The van der Waals surface area contributed by atoms with E-state index in [2.05, 4.69) is 0 Å². The zero-order valence-electron chi connectivity index (χ0n) is 14.2. The third-order valence-electron chi connectivity index (χ3n) is 4.72. The van der Waals surface area contributed by atoms with E-state index < -0.39 is 17.7 Å². The first-order valence-corrected chi connectivity index (χ1v) is 8.31. The molecule has 1 saturated heterocycles. The van der Waals surface area contributed by atoms with E-state index in [9.17, 15) is 14.7 Å². The van der Waals surface area contributed by atoms with Gasteiger partial charge in [0.1, 0.15) is 23.2 Å². The minimum absolute atomic E-state index is 0.0178. The van der Waals surface area contributed by atoms with Crippen LogP contribution in [-0.2, 0) is 4.79 Å². The SMILES string of the molecule is CCOc1cc2c(cc1C=O)[C@H](N1CCCC1=O)[C@@H](O)C(C)(C)O2. The maximum atomic E-state index is 12.2. The van der Waals surface area contributed by atoms with E-state index in [1.54, 1.807) is 30.9 Å². The van der Waals surface area contributed by atoms with Crippen LogP contribution in [0.4, 0.5) is 0 Å². The molecule has 3 rings (SSSR count). The fourth-order valence-corrected chi connectivity index (χ4v) is 3.48. The Morgan fingerprint density at radius 1 is 1.46 bits per heavy atom. The van der Waals surface area contributed by atoms with Crippen LogP contribution in [0.15, 0.2) is 12.1 Å². The number of ether oxygens (including phenoxy) is 2. The summed E-state index contributed by atoms with van der Waals surface area (Å²) in [5.74, 6) is 1.01. The van der Waals surface area contributed by atoms with Crippen LogP contribution in [0.25, 0.3) is 0 Å². The van der Waals surface area contributed by atoms with Gasteiger partial charge in [0.05, 0.1) is 18.2 Å². The van der Waals surface area contributed by atoms with Crippen molar-refractivity contribution in [2.45, 2.75) is 51.4 Å². The van der Waals surface area contributed by atoms with Crippen LogP contribution in [-0.4, -0.2) is 47.1 Å². The molecule has 24 heavy (non-hydrogen) atoms. The van der Waals surface area contributed by atoms with Crippen molar-refractivity contribution >= 4 is 12.2 Å². The molecular weight excluding hydrogens is 310 g/mol. The van der Waals surface area contributed by atoms with Gasteiger partial charge >= 0.3 is 0 Å². The molecule has 1 amide bonds. The summed E-state index contributed by atoms with van der Waals surface area (Å²) in [6.45, 7) is 6.46. The Hall–Kier alpha value is -2.08. The number of nitrogens with zero attached hydrogens (tertiary/aromatic N) is 1. The molecule has 1 N–H and O–H groups in total. The lowest BCUT2D eigenvalue weighted by atomic mass is 9.85. The number of rotatable bonds is 4. The standard InChI is InChI=1S/C18H23NO5/c1-4-23-13-9-14-12(8-11(13)10-20)16(17(22)18(2,3)24-14)19-7-5-6-15(19)21/h8-10,16-17,22H,4-7H2,1-3H3/t16-,17+/m0/s1. The topological polar surface area (TPSA) is 76.1 Å². The van der Waals surface area contributed by atoms with E-state index in [1.807, 2.05) is 6.92 Å². The largest absolute Gasteiger partial charge is 0.493 e. The lowest BCUT2D eigenvalue weighted by Crippen LogP contribution is -2.53. The number of aldehydes is 1. The number of likely N-dealkylation sites (tertiary alicyclic amines) is 1. The lowest BCUT2D eigenvalue weighted by Gasteiger charge is -2.45. The quantitative estimate of drug-likeness (QED) is 0.854. The Morgan fingerprint density at radius 2 is 2.21 bits per heavy atom. The smallest absolute Gasteiger partial charge is 0.223 e. The van der Waals surface area contributed by atoms with Gasteiger partial charge in [0.15, 0.2) is 6.29 Å². The zero-order valence-corrected chi connectivity index (χ0v) is 14.2. The second-order valence-electron chi connectivity index (χ2n) is 6.76. The first-order valence-electron chi connectivity index (χ1n) is 8.31. The van der Waals surface area contributed by atoms with E-state index in [1.165, 1.54) is 0 Å². The highest BCUT2D eigenvalue weighted by atomic mass is 16.5. The predicted molar refractivity (Wildman–Crippen MR) is 87.4 cm³/mol. The summed E-state index contributed by atoms with van der Waals surface area (Å²) in [4.78, 5) is 25.4. The minimum Gasteiger partial charge on any atom is -0.493 e. The van der Waals surface area contributed by atoms with Crippen molar-refractivity contribution in [3.8, 4) is 11.5 Å². The highest BCUT2D eigenvalue weighted by Crippen LogP contribution is 2.46. The maximum absolute atomic E-state index is 12.2. The molecule has 6 heteroatoms. The van der Waals surface area contributed by atoms with E-state index in [-0.39, 0.29) is 5.91 Å². The summed E-state index contributed by atoms with van der Waals surface area (Å²) in [7, 11) is 0. The number of fused-ring (bicyclic) bond motifs is 1. The van der Waals surface area contributed by atoms with E-state index in [0.717, 1.165) is 12.7 Å². The van der Waals surface area contributed by atoms with Gasteiger partial charge in [-0.3, -0.25) is 9.59 Å². The average Bonchev–Trinajstić information content (AvgIpc) is 2.94. The summed E-state index contributed by atoms with van der Waals surface area (Å²) < 4.78 is 11.5. The average molecular weight is 333 g/mol. The number of hydrogen-bond donors (Lipinski definition) is 1. The Labute approximate surface area is 141 Å². The van der Waals surface area contributed by atoms with Crippen LogP contribution in [0.5, 0.6) is 11.5 Å². The highest BCUT2D eigenvalue weighted by molar-refractivity contribution is 5.82. The molecule has 1 aromatic carbocycles. The van der Waals surface area contributed by atoms with Gasteiger partial charge in [-0.2, -0.15) is 0 Å². The number of hydrogen-bond acceptors (Lipinski definition) is 5. The number of aliphatic hydroxyl groups is 1. The third kappa shape index (κ3) is 2.65. The van der Waals surface area contributed by atoms with Crippen LogP contribution >= 0.6 is 0 Å². The van der Waals surface area contributed by atoms with Gasteiger partial charge in [-0.15, -0.1) is 0 Å². The van der Waals surface area contributed by atoms with Crippen molar-refractivity contribution in [1.82, 2.24) is 4.90 Å². The van der Waals surface area contributed by atoms with Crippen molar-refractivity contribution in [3.05, 3.63) is 23.3 Å². The first kappa shape index (κ1) is 16.8. The summed E-state index contributed by atoms with van der Waals surface area (Å²) in [6, 6.07) is 2.83. The zero-order chi connectivity index (χ0) is 17.5. The molecule has 2 aliphatic rings. The van der Waals surface area contributed by atoms with Gasteiger partial charge in [0.2, 0.25) is 5.91 Å². The second-order valence-corrected chi connectivity index (χ2v) is 6.76. The second kappa shape index (κ2) is 6.09. The summed E-state index contributed by atoms with van der Waals surface area (Å²) in [6.07, 6.45) is 1.10. The molecule has 0 bridgehead atoms. The van der Waals surface area contributed by atoms with Gasteiger partial charge < -0.3 is 19.5 Å². The van der Waals surface area contributed by atoms with Gasteiger partial charge in [-0.1, -0.05) is 0 Å². The first-order chi connectivity index (χ1) is 11.4. The molecule has 0 spiro atoms. The van der Waals surface area contributed by atoms with Crippen LogP contribution in [0.3, 0.4) is 0 Å². The van der Waals surface area contributed by atoms with E-state index in [4.69, 9.17) is 9.47 Å². The van der Waals surface area contributed by atoms with Crippen molar-refractivity contribution < 1.29 is 24.2 Å². The maximum Gasteiger partial charge on any atom is 0.223 e. The molecular formula is C18H23NO5. The summed E-state index contributed by atoms with van der Waals surface area (Å²) in [5.41, 5.74) is 0.192. The Bertz CT molecular complexity index is 670. The molecule has 0 radical (unpaired) electrons. The Balaban J connectivity index is 2.13. The van der Waals surface area contributed by atoms with Gasteiger partial charge in [-0.25, -0.2) is 0 Å². The fourth-order valence-electron chi connectivity index (χ4n) is 3.48. The molecule has 130 valence electrons. The molecule has 0 aromatic heterocycles. The van der Waals surface area contributed by atoms with Crippen LogP contribution in [0.1, 0.15) is 55.6 Å². The highest BCUT2D eigenvalue weighted by Gasteiger charge is 2.47. The van der Waals surface area contributed by atoms with Gasteiger partial charge in [-0.05, 0) is 33.3 Å². The van der Waals surface area contributed by atoms with E-state index >= 15 is 0 Å². The van der Waals surface area contributed by atoms with Crippen LogP contribution < -0.4 is 9.47 Å². The number of benzene rings is 1. The number of amides is 1. The van der Waals surface area contributed by atoms with Crippen molar-refractivity contribution in [2.75, 3.05) is 13.2 Å². The molecule has 0 unspecified atom stereocenters. The molecule has 2 aliphatic heterocycles. The summed E-state index contributed by atoms with van der Waals surface area (Å²) in [5, 5.41) is 10.8. The minimum atomic E-state index is -0.885. The molecule has 1 fully saturated rings. The van der Waals surface area contributed by atoms with Gasteiger partial charge in [0.25, 0.3) is 0 Å². The van der Waals surface area contributed by atoms with Crippen molar-refractivity contribution in [1.29, 1.82) is 0 Å². The molecule has 1 aromatic rings. The molecule has 6 nitrogen and oxygen atoms in total. The lowest BCUT2D eigenvalue weighted by molar-refractivity contribution is -0.139. The Morgan fingerprint density at radius 3 is 2.79 bits per heavy atom. The van der Waals surface area contributed by atoms with E-state index in [0.29, 0.717) is 42.2 Å². The van der Waals surface area contributed by atoms with Crippen molar-refractivity contribution in [2.24, 2.45) is 0 Å². The molecule has 0 aliphatic carbocycles. The van der Waals surface area contributed by atoms with Gasteiger partial charge in [0, 0.05) is 24.6 Å². The van der Waals surface area contributed by atoms with Crippen LogP contribution in [0, 0.1) is 0 Å². The number of carbonyl (C=O) groups is 2. The number of carbonyl (C=O) groups excluding carboxylic acids is 2.